The van der Waals surface area contributed by atoms with Crippen molar-refractivity contribution < 1.29 is 14.7 Å². The molecule has 19 heavy (non-hydrogen) atoms. The Morgan fingerprint density at radius 2 is 2.11 bits per heavy atom. The van der Waals surface area contributed by atoms with Gasteiger partial charge in [-0.15, -0.1) is 11.3 Å². The highest BCUT2D eigenvalue weighted by atomic mass is 32.1. The highest BCUT2D eigenvalue weighted by Crippen LogP contribution is 2.28. The first-order chi connectivity index (χ1) is 8.90. The monoisotopic (exact) mass is 278 g/mol. The van der Waals surface area contributed by atoms with Gasteiger partial charge in [-0.1, -0.05) is 0 Å². The lowest BCUT2D eigenvalue weighted by atomic mass is 10.2. The molecule has 0 radical (unpaired) electrons. The minimum Gasteiger partial charge on any atom is -0.480 e. The summed E-state index contributed by atoms with van der Waals surface area (Å²) in [5, 5.41) is 11.2. The Morgan fingerprint density at radius 1 is 1.42 bits per heavy atom. The summed E-state index contributed by atoms with van der Waals surface area (Å²) >= 11 is 1.33. The number of carboxylic acids is 1. The molecule has 1 unspecified atom stereocenters. The minimum absolute atomic E-state index is 0.380. The van der Waals surface area contributed by atoms with E-state index in [1.807, 2.05) is 13.8 Å². The van der Waals surface area contributed by atoms with E-state index < -0.39 is 12.0 Å². The SMILES string of the molecule is Cc1cnc2cc(C(=O)NC(C)C(=O)O)sc2c1C. The Bertz CT molecular complexity index is 663. The molecule has 0 aromatic carbocycles. The van der Waals surface area contributed by atoms with Crippen LogP contribution in [0.4, 0.5) is 0 Å². The number of fused-ring (bicyclic) bond motifs is 1. The number of carbonyl (C=O) groups excluding carboxylic acids is 1. The average molecular weight is 278 g/mol. The second-order valence-electron chi connectivity index (χ2n) is 4.42. The number of rotatable bonds is 3. The van der Waals surface area contributed by atoms with E-state index in [-0.39, 0.29) is 5.91 Å². The molecule has 0 saturated carbocycles. The van der Waals surface area contributed by atoms with E-state index in [0.717, 1.165) is 21.3 Å². The fourth-order valence-corrected chi connectivity index (χ4v) is 2.70. The van der Waals surface area contributed by atoms with Crippen molar-refractivity contribution in [3.8, 4) is 0 Å². The summed E-state index contributed by atoms with van der Waals surface area (Å²) in [5.74, 6) is -1.44. The van der Waals surface area contributed by atoms with E-state index in [1.54, 1.807) is 12.3 Å². The molecule has 100 valence electrons. The van der Waals surface area contributed by atoms with Crippen LogP contribution in [0.5, 0.6) is 0 Å². The molecule has 2 aromatic rings. The van der Waals surface area contributed by atoms with Gasteiger partial charge in [-0.3, -0.25) is 14.6 Å². The highest BCUT2D eigenvalue weighted by Gasteiger charge is 2.18. The summed E-state index contributed by atoms with van der Waals surface area (Å²) in [5.41, 5.74) is 2.93. The van der Waals surface area contributed by atoms with Gasteiger partial charge in [-0.05, 0) is 38.0 Å². The molecule has 0 spiro atoms. The third kappa shape index (κ3) is 2.58. The number of aromatic nitrogens is 1. The molecular weight excluding hydrogens is 264 g/mol. The molecule has 2 aromatic heterocycles. The largest absolute Gasteiger partial charge is 0.480 e. The second kappa shape index (κ2) is 4.97. The van der Waals surface area contributed by atoms with Crippen LogP contribution < -0.4 is 5.32 Å². The van der Waals surface area contributed by atoms with Crippen LogP contribution in [-0.2, 0) is 4.79 Å². The molecule has 0 saturated heterocycles. The van der Waals surface area contributed by atoms with Gasteiger partial charge in [0.25, 0.3) is 5.91 Å². The van der Waals surface area contributed by atoms with Gasteiger partial charge in [0.2, 0.25) is 0 Å². The van der Waals surface area contributed by atoms with Crippen molar-refractivity contribution in [1.29, 1.82) is 0 Å². The Kier molecular flexibility index (Phi) is 3.53. The molecule has 0 aliphatic heterocycles. The Hall–Kier alpha value is -1.95. The van der Waals surface area contributed by atoms with Crippen LogP contribution in [0.25, 0.3) is 10.2 Å². The number of carboxylic acid groups (broad SMARTS) is 1. The number of thiophene rings is 1. The van der Waals surface area contributed by atoms with E-state index >= 15 is 0 Å². The fourth-order valence-electron chi connectivity index (χ4n) is 1.63. The Balaban J connectivity index is 2.34. The smallest absolute Gasteiger partial charge is 0.325 e. The number of aryl methyl sites for hydroxylation is 2. The number of nitrogens with zero attached hydrogens (tertiary/aromatic N) is 1. The maximum atomic E-state index is 11.9. The van der Waals surface area contributed by atoms with E-state index in [1.165, 1.54) is 18.3 Å². The first-order valence-electron chi connectivity index (χ1n) is 5.79. The number of nitrogens with one attached hydrogen (secondary N) is 1. The van der Waals surface area contributed by atoms with Gasteiger partial charge in [0.05, 0.1) is 15.1 Å². The van der Waals surface area contributed by atoms with Crippen LogP contribution in [-0.4, -0.2) is 28.0 Å². The fraction of sp³-hybridized carbons (Fsp3) is 0.308. The highest BCUT2D eigenvalue weighted by molar-refractivity contribution is 7.21. The lowest BCUT2D eigenvalue weighted by Gasteiger charge is -2.07. The number of hydrogen-bond acceptors (Lipinski definition) is 4. The van der Waals surface area contributed by atoms with E-state index in [0.29, 0.717) is 4.88 Å². The number of carbonyl (C=O) groups is 2. The molecule has 2 heterocycles. The Morgan fingerprint density at radius 3 is 2.74 bits per heavy atom. The normalized spacial score (nSPS) is 12.4. The zero-order valence-corrected chi connectivity index (χ0v) is 11.7. The van der Waals surface area contributed by atoms with Crippen LogP contribution in [0.2, 0.25) is 0 Å². The number of amides is 1. The van der Waals surface area contributed by atoms with Gasteiger partial charge >= 0.3 is 5.97 Å². The van der Waals surface area contributed by atoms with Crippen molar-refractivity contribution in [1.82, 2.24) is 10.3 Å². The van der Waals surface area contributed by atoms with Gasteiger partial charge in [0, 0.05) is 6.20 Å². The topological polar surface area (TPSA) is 79.3 Å². The van der Waals surface area contributed by atoms with Crippen molar-refractivity contribution in [2.75, 3.05) is 0 Å². The molecule has 0 aliphatic rings. The predicted molar refractivity (Wildman–Crippen MR) is 73.7 cm³/mol. The first kappa shape index (κ1) is 13.5. The van der Waals surface area contributed by atoms with E-state index in [9.17, 15) is 9.59 Å². The van der Waals surface area contributed by atoms with Gasteiger partial charge in [0.15, 0.2) is 0 Å². The molecule has 0 aliphatic carbocycles. The van der Waals surface area contributed by atoms with Crippen molar-refractivity contribution >= 4 is 33.4 Å². The third-order valence-electron chi connectivity index (χ3n) is 2.98. The average Bonchev–Trinajstić information content (AvgIpc) is 2.78. The minimum atomic E-state index is -1.06. The van der Waals surface area contributed by atoms with Crippen molar-refractivity contribution in [3.63, 3.8) is 0 Å². The molecule has 6 heteroatoms. The lowest BCUT2D eigenvalue weighted by Crippen LogP contribution is -2.37. The van der Waals surface area contributed by atoms with Gasteiger partial charge in [0.1, 0.15) is 6.04 Å². The van der Waals surface area contributed by atoms with Crippen molar-refractivity contribution in [3.05, 3.63) is 28.3 Å². The standard InChI is InChI=1S/C13H14N2O3S/c1-6-5-14-9-4-10(19-11(9)7(6)2)12(16)15-8(3)13(17)18/h4-5,8H,1-3H3,(H,15,16)(H,17,18). The summed E-state index contributed by atoms with van der Waals surface area (Å²) in [6, 6.07) is 0.782. The molecule has 1 atom stereocenters. The number of aliphatic carboxylic acids is 1. The quantitative estimate of drug-likeness (QED) is 0.901. The molecular formula is C13H14N2O3S. The second-order valence-corrected chi connectivity index (χ2v) is 5.48. The zero-order valence-electron chi connectivity index (χ0n) is 10.9. The molecule has 2 N–H and O–H groups in total. The van der Waals surface area contributed by atoms with Crippen LogP contribution in [0.1, 0.15) is 27.7 Å². The lowest BCUT2D eigenvalue weighted by molar-refractivity contribution is -0.138. The Labute approximate surface area is 114 Å². The van der Waals surface area contributed by atoms with Gasteiger partial charge < -0.3 is 10.4 Å². The number of hydrogen-bond donors (Lipinski definition) is 2. The van der Waals surface area contributed by atoms with Gasteiger partial charge in [-0.2, -0.15) is 0 Å². The van der Waals surface area contributed by atoms with Crippen LogP contribution in [0, 0.1) is 13.8 Å². The van der Waals surface area contributed by atoms with E-state index in [4.69, 9.17) is 5.11 Å². The predicted octanol–water partition coefficient (Wildman–Crippen LogP) is 2.12. The van der Waals surface area contributed by atoms with Crippen LogP contribution in [0.15, 0.2) is 12.3 Å². The summed E-state index contributed by atoms with van der Waals surface area (Å²) in [4.78, 5) is 27.4. The first-order valence-corrected chi connectivity index (χ1v) is 6.61. The van der Waals surface area contributed by atoms with E-state index in [2.05, 4.69) is 10.3 Å². The van der Waals surface area contributed by atoms with Crippen molar-refractivity contribution in [2.45, 2.75) is 26.8 Å². The maximum Gasteiger partial charge on any atom is 0.325 e. The van der Waals surface area contributed by atoms with Gasteiger partial charge in [-0.25, -0.2) is 0 Å². The summed E-state index contributed by atoms with van der Waals surface area (Å²) in [6.45, 7) is 5.38. The molecule has 0 fully saturated rings. The summed E-state index contributed by atoms with van der Waals surface area (Å²) in [6.07, 6.45) is 1.77. The van der Waals surface area contributed by atoms with Crippen molar-refractivity contribution in [2.24, 2.45) is 0 Å². The molecule has 1 amide bonds. The van der Waals surface area contributed by atoms with Crippen LogP contribution >= 0.6 is 11.3 Å². The summed E-state index contributed by atoms with van der Waals surface area (Å²) in [7, 11) is 0. The zero-order chi connectivity index (χ0) is 14.2. The molecule has 5 nitrogen and oxygen atoms in total. The number of pyridine rings is 1. The maximum absolute atomic E-state index is 11.9. The summed E-state index contributed by atoms with van der Waals surface area (Å²) < 4.78 is 0.966. The third-order valence-corrected chi connectivity index (χ3v) is 4.23. The molecule has 2 rings (SSSR count). The van der Waals surface area contributed by atoms with Crippen LogP contribution in [0.3, 0.4) is 0 Å². The molecule has 0 bridgehead atoms.